The van der Waals surface area contributed by atoms with Crippen LogP contribution in [0.1, 0.15) is 44.2 Å². The zero-order valence-electron chi connectivity index (χ0n) is 19.2. The molecular weight excluding hydrogens is 424 g/mol. The van der Waals surface area contributed by atoms with Crippen molar-refractivity contribution in [2.24, 2.45) is 5.92 Å². The van der Waals surface area contributed by atoms with E-state index in [2.05, 4.69) is 11.4 Å². The van der Waals surface area contributed by atoms with E-state index >= 15 is 0 Å². The highest BCUT2D eigenvalue weighted by Crippen LogP contribution is 2.24. The van der Waals surface area contributed by atoms with Crippen LogP contribution in [0.5, 0.6) is 5.75 Å². The lowest BCUT2D eigenvalue weighted by molar-refractivity contribution is -0.126. The van der Waals surface area contributed by atoms with E-state index in [9.17, 15) is 13.2 Å². The van der Waals surface area contributed by atoms with Crippen molar-refractivity contribution in [2.45, 2.75) is 57.5 Å². The summed E-state index contributed by atoms with van der Waals surface area (Å²) in [6.07, 6.45) is 3.18. The van der Waals surface area contributed by atoms with Gasteiger partial charge in [0, 0.05) is 19.6 Å². The topological polar surface area (TPSA) is 75.7 Å². The lowest BCUT2D eigenvalue weighted by Crippen LogP contribution is -2.45. The van der Waals surface area contributed by atoms with E-state index in [1.165, 1.54) is 9.87 Å². The van der Waals surface area contributed by atoms with E-state index in [-0.39, 0.29) is 29.4 Å². The summed E-state index contributed by atoms with van der Waals surface area (Å²) in [5.74, 6) is 0.482. The van der Waals surface area contributed by atoms with Crippen molar-refractivity contribution in [1.29, 1.82) is 0 Å². The van der Waals surface area contributed by atoms with Crippen LogP contribution in [0.3, 0.4) is 0 Å². The Morgan fingerprint density at radius 1 is 1.19 bits per heavy atom. The molecule has 1 aliphatic heterocycles. The highest BCUT2D eigenvalue weighted by molar-refractivity contribution is 7.89. The van der Waals surface area contributed by atoms with Gasteiger partial charge >= 0.3 is 0 Å². The summed E-state index contributed by atoms with van der Waals surface area (Å²) in [6, 6.07) is 14.9. The molecule has 0 radical (unpaired) electrons. The molecule has 174 valence electrons. The first kappa shape index (κ1) is 24.3. The molecule has 7 heteroatoms. The Labute approximate surface area is 192 Å². The molecule has 1 unspecified atom stereocenters. The first-order chi connectivity index (χ1) is 15.3. The molecule has 0 bridgehead atoms. The molecule has 1 heterocycles. The number of ether oxygens (including phenoxy) is 1. The predicted octanol–water partition coefficient (Wildman–Crippen LogP) is 3.93. The normalized spacial score (nSPS) is 17.3. The number of amides is 1. The van der Waals surface area contributed by atoms with Crippen LogP contribution in [0.25, 0.3) is 0 Å². The molecule has 1 amide bonds. The van der Waals surface area contributed by atoms with Gasteiger partial charge in [-0.25, -0.2) is 8.42 Å². The van der Waals surface area contributed by atoms with E-state index < -0.39 is 10.0 Å². The standard InChI is InChI=1S/C25H34N2O4S/c1-19(2)31-23-10-4-7-21(17-23)8-5-15-26-25(28)22-9-6-16-27(18-22)32(29,30)24-13-11-20(3)12-14-24/h4,7,10-14,17,19,22H,5-6,8-9,15-16,18H2,1-3H3,(H,26,28). The molecule has 0 saturated carbocycles. The number of nitrogens with one attached hydrogen (secondary N) is 1. The summed E-state index contributed by atoms with van der Waals surface area (Å²) in [7, 11) is -3.58. The Morgan fingerprint density at radius 3 is 2.66 bits per heavy atom. The van der Waals surface area contributed by atoms with Gasteiger partial charge in [-0.15, -0.1) is 0 Å². The maximum absolute atomic E-state index is 13.0. The molecule has 1 N–H and O–H groups in total. The Bertz CT molecular complexity index is 1000. The summed E-state index contributed by atoms with van der Waals surface area (Å²) < 4.78 is 33.1. The second-order valence-electron chi connectivity index (χ2n) is 8.72. The molecule has 3 rings (SSSR count). The number of hydrogen-bond acceptors (Lipinski definition) is 4. The van der Waals surface area contributed by atoms with Crippen molar-refractivity contribution in [1.82, 2.24) is 9.62 Å². The van der Waals surface area contributed by atoms with Gasteiger partial charge in [-0.05, 0) is 76.3 Å². The average molecular weight is 459 g/mol. The molecule has 1 aliphatic rings. The van der Waals surface area contributed by atoms with Crippen molar-refractivity contribution in [3.63, 3.8) is 0 Å². The van der Waals surface area contributed by atoms with Crippen LogP contribution in [0.2, 0.25) is 0 Å². The Morgan fingerprint density at radius 2 is 1.94 bits per heavy atom. The van der Waals surface area contributed by atoms with Gasteiger partial charge in [0.05, 0.1) is 16.9 Å². The SMILES string of the molecule is Cc1ccc(S(=O)(=O)N2CCCC(C(=O)NCCCc3cccc(OC(C)C)c3)C2)cc1. The lowest BCUT2D eigenvalue weighted by Gasteiger charge is -2.31. The van der Waals surface area contributed by atoms with E-state index in [0.717, 1.165) is 24.2 Å². The molecular formula is C25H34N2O4S. The smallest absolute Gasteiger partial charge is 0.243 e. The molecule has 2 aromatic carbocycles. The highest BCUT2D eigenvalue weighted by atomic mass is 32.2. The number of sulfonamides is 1. The highest BCUT2D eigenvalue weighted by Gasteiger charge is 2.33. The minimum atomic E-state index is -3.58. The van der Waals surface area contributed by atoms with Crippen molar-refractivity contribution in [3.05, 3.63) is 59.7 Å². The van der Waals surface area contributed by atoms with Crippen molar-refractivity contribution in [2.75, 3.05) is 19.6 Å². The van der Waals surface area contributed by atoms with Gasteiger partial charge in [-0.2, -0.15) is 4.31 Å². The zero-order valence-corrected chi connectivity index (χ0v) is 20.0. The lowest BCUT2D eigenvalue weighted by atomic mass is 9.99. The van der Waals surface area contributed by atoms with E-state index in [0.29, 0.717) is 25.9 Å². The minimum absolute atomic E-state index is 0.0642. The van der Waals surface area contributed by atoms with Gasteiger partial charge in [0.15, 0.2) is 0 Å². The van der Waals surface area contributed by atoms with Crippen molar-refractivity contribution >= 4 is 15.9 Å². The number of carbonyl (C=O) groups is 1. The molecule has 0 spiro atoms. The van der Waals surface area contributed by atoms with Crippen LogP contribution in [0.15, 0.2) is 53.4 Å². The summed E-state index contributed by atoms with van der Waals surface area (Å²) in [5, 5.41) is 3.00. The summed E-state index contributed by atoms with van der Waals surface area (Å²) in [6.45, 7) is 7.18. The Kier molecular flexibility index (Phi) is 8.32. The van der Waals surface area contributed by atoms with E-state index in [1.54, 1.807) is 24.3 Å². The van der Waals surface area contributed by atoms with E-state index in [1.807, 2.05) is 39.0 Å². The predicted molar refractivity (Wildman–Crippen MR) is 126 cm³/mol. The molecule has 6 nitrogen and oxygen atoms in total. The van der Waals surface area contributed by atoms with Crippen LogP contribution in [0, 0.1) is 12.8 Å². The maximum Gasteiger partial charge on any atom is 0.243 e. The fourth-order valence-corrected chi connectivity index (χ4v) is 5.45. The van der Waals surface area contributed by atoms with Crippen molar-refractivity contribution in [3.8, 4) is 5.75 Å². The molecule has 1 fully saturated rings. The average Bonchev–Trinajstić information content (AvgIpc) is 2.77. The molecule has 1 saturated heterocycles. The van der Waals surface area contributed by atoms with Gasteiger partial charge in [0.2, 0.25) is 15.9 Å². The van der Waals surface area contributed by atoms with Crippen LogP contribution in [-0.4, -0.2) is 44.4 Å². The van der Waals surface area contributed by atoms with Crippen LogP contribution < -0.4 is 10.1 Å². The third-order valence-corrected chi connectivity index (χ3v) is 7.50. The van der Waals surface area contributed by atoms with Crippen molar-refractivity contribution < 1.29 is 17.9 Å². The maximum atomic E-state index is 13.0. The third kappa shape index (κ3) is 6.56. The quantitative estimate of drug-likeness (QED) is 0.578. The fraction of sp³-hybridized carbons (Fsp3) is 0.480. The first-order valence-electron chi connectivity index (χ1n) is 11.4. The second-order valence-corrected chi connectivity index (χ2v) is 10.7. The number of rotatable bonds is 9. The van der Waals surface area contributed by atoms with Gasteiger partial charge in [-0.1, -0.05) is 29.8 Å². The van der Waals surface area contributed by atoms with Gasteiger partial charge in [0.25, 0.3) is 0 Å². The number of hydrogen-bond donors (Lipinski definition) is 1. The first-order valence-corrected chi connectivity index (χ1v) is 12.8. The van der Waals surface area contributed by atoms with Gasteiger partial charge in [-0.3, -0.25) is 4.79 Å². The zero-order chi connectivity index (χ0) is 23.1. The Hall–Kier alpha value is -2.38. The monoisotopic (exact) mass is 458 g/mol. The number of aryl methyl sites for hydroxylation is 2. The molecule has 2 aromatic rings. The minimum Gasteiger partial charge on any atom is -0.491 e. The van der Waals surface area contributed by atoms with Gasteiger partial charge < -0.3 is 10.1 Å². The molecule has 1 atom stereocenters. The number of nitrogens with zero attached hydrogens (tertiary/aromatic N) is 1. The summed E-state index contributed by atoms with van der Waals surface area (Å²) in [5.41, 5.74) is 2.18. The Balaban J connectivity index is 1.49. The second kappa shape index (κ2) is 11.0. The van der Waals surface area contributed by atoms with E-state index in [4.69, 9.17) is 4.74 Å². The van der Waals surface area contributed by atoms with Gasteiger partial charge in [0.1, 0.15) is 5.75 Å². The van der Waals surface area contributed by atoms with Crippen LogP contribution in [0.4, 0.5) is 0 Å². The van der Waals surface area contributed by atoms with Crippen LogP contribution >= 0.6 is 0 Å². The number of benzene rings is 2. The fourth-order valence-electron chi connectivity index (χ4n) is 3.93. The summed E-state index contributed by atoms with van der Waals surface area (Å²) >= 11 is 0. The summed E-state index contributed by atoms with van der Waals surface area (Å²) in [4.78, 5) is 13.0. The molecule has 32 heavy (non-hydrogen) atoms. The van der Waals surface area contributed by atoms with Crippen LogP contribution in [-0.2, 0) is 21.2 Å². The largest absolute Gasteiger partial charge is 0.491 e. The number of piperidine rings is 1. The third-order valence-electron chi connectivity index (χ3n) is 5.63. The number of carbonyl (C=O) groups excluding carboxylic acids is 1. The molecule has 0 aliphatic carbocycles. The molecule has 0 aromatic heterocycles.